The van der Waals surface area contributed by atoms with Gasteiger partial charge in [0.1, 0.15) is 0 Å². The Morgan fingerprint density at radius 3 is 3.23 bits per heavy atom. The summed E-state index contributed by atoms with van der Waals surface area (Å²) in [5.41, 5.74) is 0. The van der Waals surface area contributed by atoms with Crippen molar-refractivity contribution in [2.45, 2.75) is 12.8 Å². The lowest BCUT2D eigenvalue weighted by Gasteiger charge is -2.17. The highest BCUT2D eigenvalue weighted by molar-refractivity contribution is 5.78. The normalized spacial score (nSPS) is 19.6. The maximum absolute atomic E-state index is 11.2. The van der Waals surface area contributed by atoms with Crippen molar-refractivity contribution in [2.24, 2.45) is 0 Å². The maximum Gasteiger partial charge on any atom is 0.234 e. The van der Waals surface area contributed by atoms with Gasteiger partial charge in [-0.15, -0.1) is 0 Å². The molecule has 1 rings (SSSR count). The molecule has 1 amide bonds. The van der Waals surface area contributed by atoms with E-state index >= 15 is 0 Å². The molecule has 0 aromatic heterocycles. The molecule has 0 spiro atoms. The average molecular weight is 185 g/mol. The lowest BCUT2D eigenvalue weighted by molar-refractivity contribution is -0.121. The second-order valence-corrected chi connectivity index (χ2v) is 3.44. The summed E-state index contributed by atoms with van der Waals surface area (Å²) in [4.78, 5) is 13.4. The molecule has 0 unspecified atom stereocenters. The summed E-state index contributed by atoms with van der Waals surface area (Å²) in [7, 11) is 1.95. The second kappa shape index (κ2) is 5.94. The molecule has 0 aromatic carbocycles. The summed E-state index contributed by atoms with van der Waals surface area (Å²) in [5, 5.41) is 5.98. The fraction of sp³-hybridized carbons (Fsp3) is 0.889. The number of hydrogen-bond acceptors (Lipinski definition) is 3. The molecule has 4 nitrogen and oxygen atoms in total. The van der Waals surface area contributed by atoms with Crippen LogP contribution >= 0.6 is 0 Å². The Hall–Kier alpha value is -0.610. The number of carbonyl (C=O) groups is 1. The molecular formula is C9H19N3O. The van der Waals surface area contributed by atoms with Gasteiger partial charge in [0.25, 0.3) is 0 Å². The molecule has 1 aliphatic rings. The third-order valence-electron chi connectivity index (χ3n) is 2.24. The Labute approximate surface area is 79.7 Å². The average Bonchev–Trinajstić information content (AvgIpc) is 2.31. The fourth-order valence-electron chi connectivity index (χ4n) is 1.54. The minimum absolute atomic E-state index is 0.168. The Balaban J connectivity index is 2.19. The topological polar surface area (TPSA) is 44.4 Å². The summed E-state index contributed by atoms with van der Waals surface area (Å²) in [6.07, 6.45) is 2.19. The Morgan fingerprint density at radius 1 is 1.62 bits per heavy atom. The van der Waals surface area contributed by atoms with Crippen LogP contribution in [0.25, 0.3) is 0 Å². The van der Waals surface area contributed by atoms with Crippen molar-refractivity contribution in [3.05, 3.63) is 0 Å². The molecule has 1 fully saturated rings. The predicted molar refractivity (Wildman–Crippen MR) is 52.6 cm³/mol. The molecule has 4 heteroatoms. The Kier molecular flexibility index (Phi) is 4.78. The Morgan fingerprint density at radius 2 is 2.46 bits per heavy atom. The summed E-state index contributed by atoms with van der Waals surface area (Å²) >= 11 is 0. The number of hydrogen-bond donors (Lipinski definition) is 2. The van der Waals surface area contributed by atoms with Crippen LogP contribution in [-0.2, 0) is 4.79 Å². The minimum Gasteiger partial charge on any atom is -0.355 e. The number of rotatable bonds is 4. The molecular weight excluding hydrogens is 166 g/mol. The van der Waals surface area contributed by atoms with Gasteiger partial charge in [-0.05, 0) is 33.0 Å². The van der Waals surface area contributed by atoms with E-state index in [0.717, 1.165) is 39.0 Å². The van der Waals surface area contributed by atoms with E-state index in [-0.39, 0.29) is 5.91 Å². The molecule has 0 saturated carbocycles. The quantitative estimate of drug-likeness (QED) is 0.576. The monoisotopic (exact) mass is 185 g/mol. The summed E-state index contributed by atoms with van der Waals surface area (Å²) < 4.78 is 0. The molecule has 13 heavy (non-hydrogen) atoms. The van der Waals surface area contributed by atoms with E-state index in [1.54, 1.807) is 0 Å². The fourth-order valence-corrected chi connectivity index (χ4v) is 1.54. The molecule has 76 valence electrons. The van der Waals surface area contributed by atoms with Gasteiger partial charge in [0, 0.05) is 13.1 Å². The van der Waals surface area contributed by atoms with Gasteiger partial charge in [0.2, 0.25) is 5.91 Å². The van der Waals surface area contributed by atoms with Crippen LogP contribution in [0.1, 0.15) is 12.8 Å². The molecule has 0 aromatic rings. The SMILES string of the molecule is CNCCCN1CCCNC(=O)C1. The zero-order chi connectivity index (χ0) is 9.52. The van der Waals surface area contributed by atoms with E-state index in [4.69, 9.17) is 0 Å². The van der Waals surface area contributed by atoms with Crippen LogP contribution in [0, 0.1) is 0 Å². The zero-order valence-corrected chi connectivity index (χ0v) is 8.31. The van der Waals surface area contributed by atoms with Crippen molar-refractivity contribution in [1.29, 1.82) is 0 Å². The number of amides is 1. The minimum atomic E-state index is 0.168. The molecule has 0 bridgehead atoms. The van der Waals surface area contributed by atoms with Crippen LogP contribution in [-0.4, -0.2) is 50.6 Å². The first-order valence-corrected chi connectivity index (χ1v) is 4.96. The van der Waals surface area contributed by atoms with Gasteiger partial charge in [0.15, 0.2) is 0 Å². The van der Waals surface area contributed by atoms with E-state index in [0.29, 0.717) is 6.54 Å². The third-order valence-corrected chi connectivity index (χ3v) is 2.24. The lowest BCUT2D eigenvalue weighted by Crippen LogP contribution is -2.34. The highest BCUT2D eigenvalue weighted by Gasteiger charge is 2.13. The molecule has 1 aliphatic heterocycles. The molecule has 0 aliphatic carbocycles. The highest BCUT2D eigenvalue weighted by Crippen LogP contribution is 1.96. The first-order chi connectivity index (χ1) is 6.33. The number of nitrogens with one attached hydrogen (secondary N) is 2. The zero-order valence-electron chi connectivity index (χ0n) is 8.31. The molecule has 0 radical (unpaired) electrons. The van der Waals surface area contributed by atoms with Crippen molar-refractivity contribution in [2.75, 3.05) is 39.8 Å². The van der Waals surface area contributed by atoms with E-state index in [1.165, 1.54) is 0 Å². The highest BCUT2D eigenvalue weighted by atomic mass is 16.2. The van der Waals surface area contributed by atoms with E-state index in [9.17, 15) is 4.79 Å². The second-order valence-electron chi connectivity index (χ2n) is 3.44. The van der Waals surface area contributed by atoms with E-state index in [1.807, 2.05) is 7.05 Å². The lowest BCUT2D eigenvalue weighted by atomic mass is 10.3. The molecule has 1 saturated heterocycles. The molecule has 1 heterocycles. The van der Waals surface area contributed by atoms with Crippen LogP contribution in [0.2, 0.25) is 0 Å². The van der Waals surface area contributed by atoms with Gasteiger partial charge < -0.3 is 10.6 Å². The van der Waals surface area contributed by atoms with Gasteiger partial charge in [-0.3, -0.25) is 9.69 Å². The first kappa shape index (κ1) is 10.5. The van der Waals surface area contributed by atoms with Crippen LogP contribution < -0.4 is 10.6 Å². The molecule has 2 N–H and O–H groups in total. The first-order valence-electron chi connectivity index (χ1n) is 4.96. The van der Waals surface area contributed by atoms with Crippen molar-refractivity contribution >= 4 is 5.91 Å². The molecule has 0 atom stereocenters. The van der Waals surface area contributed by atoms with Crippen LogP contribution in [0.5, 0.6) is 0 Å². The summed E-state index contributed by atoms with van der Waals surface area (Å²) in [5.74, 6) is 0.168. The van der Waals surface area contributed by atoms with Crippen molar-refractivity contribution in [1.82, 2.24) is 15.5 Å². The van der Waals surface area contributed by atoms with Crippen LogP contribution in [0.3, 0.4) is 0 Å². The number of nitrogens with zero attached hydrogens (tertiary/aromatic N) is 1. The van der Waals surface area contributed by atoms with Crippen molar-refractivity contribution in [3.63, 3.8) is 0 Å². The smallest absolute Gasteiger partial charge is 0.234 e. The van der Waals surface area contributed by atoms with E-state index < -0.39 is 0 Å². The summed E-state index contributed by atoms with van der Waals surface area (Å²) in [6, 6.07) is 0. The van der Waals surface area contributed by atoms with Crippen LogP contribution in [0.4, 0.5) is 0 Å². The Bertz CT molecular complexity index is 161. The van der Waals surface area contributed by atoms with Gasteiger partial charge in [0.05, 0.1) is 6.54 Å². The van der Waals surface area contributed by atoms with Gasteiger partial charge >= 0.3 is 0 Å². The van der Waals surface area contributed by atoms with Gasteiger partial charge in [-0.2, -0.15) is 0 Å². The van der Waals surface area contributed by atoms with Crippen molar-refractivity contribution in [3.8, 4) is 0 Å². The van der Waals surface area contributed by atoms with E-state index in [2.05, 4.69) is 15.5 Å². The van der Waals surface area contributed by atoms with Gasteiger partial charge in [-0.25, -0.2) is 0 Å². The van der Waals surface area contributed by atoms with Crippen molar-refractivity contribution < 1.29 is 4.79 Å². The van der Waals surface area contributed by atoms with Gasteiger partial charge in [-0.1, -0.05) is 0 Å². The van der Waals surface area contributed by atoms with Crippen LogP contribution in [0.15, 0.2) is 0 Å². The maximum atomic E-state index is 11.2. The largest absolute Gasteiger partial charge is 0.355 e. The summed E-state index contributed by atoms with van der Waals surface area (Å²) in [6.45, 7) is 4.50. The standard InChI is InChI=1S/C9H19N3O/c1-10-4-2-6-12-7-3-5-11-9(13)8-12/h10H,2-8H2,1H3,(H,11,13). The number of carbonyl (C=O) groups excluding carboxylic acids is 1. The third kappa shape index (κ3) is 4.24. The predicted octanol–water partition coefficient (Wildman–Crippen LogP) is -0.582.